The highest BCUT2D eigenvalue weighted by Crippen LogP contribution is 2.25. The molecule has 1 aromatic heterocycles. The molecule has 0 unspecified atom stereocenters. The molecule has 1 fully saturated rings. The van der Waals surface area contributed by atoms with Crippen molar-refractivity contribution < 1.29 is 0 Å². The molecule has 1 N–H and O–H groups in total. The molecule has 4 nitrogen and oxygen atoms in total. The summed E-state index contributed by atoms with van der Waals surface area (Å²) in [7, 11) is 0. The van der Waals surface area contributed by atoms with Gasteiger partial charge in [0.2, 0.25) is 5.95 Å². The van der Waals surface area contributed by atoms with Gasteiger partial charge in [0.25, 0.3) is 0 Å². The Morgan fingerprint density at radius 3 is 2.83 bits per heavy atom. The van der Waals surface area contributed by atoms with Crippen LogP contribution >= 0.6 is 11.6 Å². The minimum atomic E-state index is 0.626. The first kappa shape index (κ1) is 12.2. The third-order valence-corrected chi connectivity index (χ3v) is 4.25. The van der Waals surface area contributed by atoms with Gasteiger partial charge in [0, 0.05) is 38.2 Å². The Balaban J connectivity index is 1.86. The van der Waals surface area contributed by atoms with Gasteiger partial charge >= 0.3 is 0 Å². The van der Waals surface area contributed by atoms with E-state index in [0.717, 1.165) is 55.7 Å². The molecule has 0 aromatic carbocycles. The highest BCUT2D eigenvalue weighted by Gasteiger charge is 2.22. The van der Waals surface area contributed by atoms with Crippen molar-refractivity contribution >= 4 is 17.5 Å². The van der Waals surface area contributed by atoms with Gasteiger partial charge < -0.3 is 10.2 Å². The van der Waals surface area contributed by atoms with E-state index in [9.17, 15) is 0 Å². The summed E-state index contributed by atoms with van der Waals surface area (Å²) >= 11 is 6.28. The lowest BCUT2D eigenvalue weighted by molar-refractivity contribution is 0.434. The number of aromatic nitrogens is 2. The molecule has 0 atom stereocenters. The van der Waals surface area contributed by atoms with E-state index < -0.39 is 0 Å². The number of fused-ring (bicyclic) bond motifs is 1. The smallest absolute Gasteiger partial charge is 0.227 e. The van der Waals surface area contributed by atoms with Crippen molar-refractivity contribution in [1.29, 1.82) is 0 Å². The van der Waals surface area contributed by atoms with Gasteiger partial charge in [-0.2, -0.15) is 0 Å². The predicted molar refractivity (Wildman–Crippen MR) is 73.1 cm³/mol. The molecule has 2 aliphatic heterocycles. The van der Waals surface area contributed by atoms with Gasteiger partial charge in [-0.1, -0.05) is 18.5 Å². The largest absolute Gasteiger partial charge is 0.341 e. The third-order valence-electron chi connectivity index (χ3n) is 3.94. The lowest BCUT2D eigenvalue weighted by Gasteiger charge is -2.31. The molecule has 1 saturated heterocycles. The Morgan fingerprint density at radius 2 is 2.06 bits per heavy atom. The van der Waals surface area contributed by atoms with Gasteiger partial charge in [-0.25, -0.2) is 9.97 Å². The van der Waals surface area contributed by atoms with Crippen molar-refractivity contribution in [3.8, 4) is 0 Å². The molecule has 0 amide bonds. The standard InChI is InChI=1S/C13H19ClN4/c1-9-3-6-18(7-4-9)13-16-11-2-5-15-8-10(11)12(14)17-13/h9,15H,2-8H2,1H3. The van der Waals surface area contributed by atoms with Gasteiger partial charge in [0.1, 0.15) is 5.15 Å². The molecule has 0 radical (unpaired) electrons. The van der Waals surface area contributed by atoms with Gasteiger partial charge in [0.05, 0.1) is 5.69 Å². The van der Waals surface area contributed by atoms with E-state index in [0.29, 0.717) is 5.15 Å². The Kier molecular flexibility index (Phi) is 3.39. The first-order chi connectivity index (χ1) is 8.74. The fraction of sp³-hybridized carbons (Fsp3) is 0.692. The number of hydrogen-bond donors (Lipinski definition) is 1. The summed E-state index contributed by atoms with van der Waals surface area (Å²) in [6, 6.07) is 0. The molecular weight excluding hydrogens is 248 g/mol. The van der Waals surface area contributed by atoms with E-state index in [2.05, 4.69) is 22.1 Å². The first-order valence-corrected chi connectivity index (χ1v) is 7.13. The second-order valence-corrected chi connectivity index (χ2v) is 5.69. The molecule has 0 spiro atoms. The summed E-state index contributed by atoms with van der Waals surface area (Å²) in [5, 5.41) is 3.93. The van der Waals surface area contributed by atoms with Crippen molar-refractivity contribution in [2.75, 3.05) is 24.5 Å². The van der Waals surface area contributed by atoms with E-state index >= 15 is 0 Å². The normalized spacial score (nSPS) is 20.9. The Bertz CT molecular complexity index is 441. The van der Waals surface area contributed by atoms with E-state index in [1.807, 2.05) is 0 Å². The topological polar surface area (TPSA) is 41.1 Å². The zero-order valence-electron chi connectivity index (χ0n) is 10.7. The maximum Gasteiger partial charge on any atom is 0.227 e. The van der Waals surface area contributed by atoms with Crippen LogP contribution in [0.3, 0.4) is 0 Å². The molecule has 0 bridgehead atoms. The molecule has 98 valence electrons. The van der Waals surface area contributed by atoms with Crippen molar-refractivity contribution in [1.82, 2.24) is 15.3 Å². The summed E-state index contributed by atoms with van der Waals surface area (Å²) in [4.78, 5) is 11.5. The summed E-state index contributed by atoms with van der Waals surface area (Å²) in [6.07, 6.45) is 3.40. The average molecular weight is 267 g/mol. The first-order valence-electron chi connectivity index (χ1n) is 6.75. The van der Waals surface area contributed by atoms with E-state index in [1.54, 1.807) is 0 Å². The van der Waals surface area contributed by atoms with Crippen LogP contribution in [0.2, 0.25) is 5.15 Å². The number of rotatable bonds is 1. The highest BCUT2D eigenvalue weighted by molar-refractivity contribution is 6.30. The molecule has 1 aromatic rings. The van der Waals surface area contributed by atoms with E-state index in [4.69, 9.17) is 16.6 Å². The van der Waals surface area contributed by atoms with Gasteiger partial charge in [-0.05, 0) is 18.8 Å². The summed E-state index contributed by atoms with van der Waals surface area (Å²) < 4.78 is 0. The lowest BCUT2D eigenvalue weighted by Crippen LogP contribution is -2.35. The van der Waals surface area contributed by atoms with Crippen LogP contribution in [0.1, 0.15) is 31.0 Å². The highest BCUT2D eigenvalue weighted by atomic mass is 35.5. The molecule has 18 heavy (non-hydrogen) atoms. The minimum absolute atomic E-state index is 0.626. The molecule has 3 heterocycles. The van der Waals surface area contributed by atoms with E-state index in [1.165, 1.54) is 12.8 Å². The van der Waals surface area contributed by atoms with Crippen LogP contribution in [0, 0.1) is 5.92 Å². The molecular formula is C13H19ClN4. The zero-order chi connectivity index (χ0) is 12.5. The van der Waals surface area contributed by atoms with Gasteiger partial charge in [0.15, 0.2) is 0 Å². The van der Waals surface area contributed by atoms with Crippen molar-refractivity contribution in [3.05, 3.63) is 16.4 Å². The van der Waals surface area contributed by atoms with Crippen LogP contribution in [0.25, 0.3) is 0 Å². The number of piperidine rings is 1. The second kappa shape index (κ2) is 5.02. The molecule has 2 aliphatic rings. The monoisotopic (exact) mass is 266 g/mol. The average Bonchev–Trinajstić information content (AvgIpc) is 2.39. The maximum atomic E-state index is 6.28. The van der Waals surface area contributed by atoms with Crippen molar-refractivity contribution in [3.63, 3.8) is 0 Å². The SMILES string of the molecule is CC1CCN(c2nc(Cl)c3c(n2)CCNC3)CC1. The second-order valence-electron chi connectivity index (χ2n) is 5.34. The summed E-state index contributed by atoms with van der Waals surface area (Å²) in [5.74, 6) is 1.64. The zero-order valence-corrected chi connectivity index (χ0v) is 11.5. The number of nitrogens with one attached hydrogen (secondary N) is 1. The number of halogens is 1. The van der Waals surface area contributed by atoms with Crippen LogP contribution in [0.15, 0.2) is 0 Å². The van der Waals surface area contributed by atoms with Crippen LogP contribution in [0.5, 0.6) is 0 Å². The lowest BCUT2D eigenvalue weighted by atomic mass is 9.99. The van der Waals surface area contributed by atoms with Crippen molar-refractivity contribution in [2.24, 2.45) is 5.92 Å². The number of hydrogen-bond acceptors (Lipinski definition) is 4. The Hall–Kier alpha value is -0.870. The van der Waals surface area contributed by atoms with E-state index in [-0.39, 0.29) is 0 Å². The Morgan fingerprint density at radius 1 is 1.28 bits per heavy atom. The third kappa shape index (κ3) is 2.31. The van der Waals surface area contributed by atoms with Crippen LogP contribution in [-0.4, -0.2) is 29.6 Å². The minimum Gasteiger partial charge on any atom is -0.341 e. The van der Waals surface area contributed by atoms with Crippen LogP contribution in [-0.2, 0) is 13.0 Å². The van der Waals surface area contributed by atoms with Crippen LogP contribution in [0.4, 0.5) is 5.95 Å². The maximum absolute atomic E-state index is 6.28. The molecule has 5 heteroatoms. The Labute approximate surface area is 113 Å². The molecule has 0 aliphatic carbocycles. The number of anilines is 1. The van der Waals surface area contributed by atoms with Gasteiger partial charge in [-0.3, -0.25) is 0 Å². The fourth-order valence-corrected chi connectivity index (χ4v) is 2.89. The van der Waals surface area contributed by atoms with Crippen molar-refractivity contribution in [2.45, 2.75) is 32.7 Å². The van der Waals surface area contributed by atoms with Crippen LogP contribution < -0.4 is 10.2 Å². The number of nitrogens with zero attached hydrogens (tertiary/aromatic N) is 3. The summed E-state index contributed by atoms with van der Waals surface area (Å²) in [6.45, 7) is 6.19. The predicted octanol–water partition coefficient (Wildman–Crippen LogP) is 2.01. The molecule has 0 saturated carbocycles. The van der Waals surface area contributed by atoms with Gasteiger partial charge in [-0.15, -0.1) is 0 Å². The fourth-order valence-electron chi connectivity index (χ4n) is 2.64. The molecule has 3 rings (SSSR count). The summed E-state index contributed by atoms with van der Waals surface area (Å²) in [5.41, 5.74) is 2.21. The quantitative estimate of drug-likeness (QED) is 0.790.